The van der Waals surface area contributed by atoms with Gasteiger partial charge in [0.15, 0.2) is 5.58 Å². The summed E-state index contributed by atoms with van der Waals surface area (Å²) in [7, 11) is 0. The molecule has 6 rings (SSSR count). The van der Waals surface area contributed by atoms with Gasteiger partial charge in [0.05, 0.1) is 42.2 Å². The Balaban J connectivity index is 1.16. The maximum atomic E-state index is 6.57. The summed E-state index contributed by atoms with van der Waals surface area (Å²) < 4.78 is 17.7. The Kier molecular flexibility index (Phi) is 5.51. The molecule has 1 saturated heterocycles. The first-order valence-corrected chi connectivity index (χ1v) is 11.7. The highest BCUT2D eigenvalue weighted by molar-refractivity contribution is 5.88. The second kappa shape index (κ2) is 8.94. The van der Waals surface area contributed by atoms with Gasteiger partial charge in [0.25, 0.3) is 0 Å². The normalized spacial score (nSPS) is 21.5. The molecule has 8 heteroatoms. The highest BCUT2D eigenvalue weighted by atomic mass is 16.5. The number of hydrogen-bond acceptors (Lipinski definition) is 8. The Labute approximate surface area is 192 Å². The molecule has 0 unspecified atom stereocenters. The average Bonchev–Trinajstić information content (AvgIpc) is 3.36. The first-order chi connectivity index (χ1) is 16.3. The van der Waals surface area contributed by atoms with Crippen LogP contribution in [0.25, 0.3) is 22.0 Å². The number of hydrogen-bond donors (Lipinski definition) is 0. The van der Waals surface area contributed by atoms with Gasteiger partial charge < -0.3 is 18.8 Å². The van der Waals surface area contributed by atoms with E-state index in [9.17, 15) is 0 Å². The topological polar surface area (TPSA) is 86.4 Å². The summed E-state index contributed by atoms with van der Waals surface area (Å²) >= 11 is 0. The minimum Gasteiger partial charge on any atom is -0.490 e. The van der Waals surface area contributed by atoms with E-state index in [4.69, 9.17) is 13.9 Å². The third-order valence-corrected chi connectivity index (χ3v) is 6.83. The van der Waals surface area contributed by atoms with E-state index in [0.717, 1.165) is 97.5 Å². The van der Waals surface area contributed by atoms with Gasteiger partial charge >= 0.3 is 0 Å². The van der Waals surface area contributed by atoms with Gasteiger partial charge in [-0.1, -0.05) is 0 Å². The fraction of sp³-hybridized carbons (Fsp3) is 0.440. The van der Waals surface area contributed by atoms with Crippen molar-refractivity contribution in [1.29, 1.82) is 0 Å². The lowest BCUT2D eigenvalue weighted by molar-refractivity contribution is 0.122. The lowest BCUT2D eigenvalue weighted by Gasteiger charge is -2.31. The van der Waals surface area contributed by atoms with Crippen molar-refractivity contribution < 1.29 is 13.9 Å². The Morgan fingerprint density at radius 2 is 1.82 bits per heavy atom. The predicted molar refractivity (Wildman–Crippen MR) is 124 cm³/mol. The van der Waals surface area contributed by atoms with Gasteiger partial charge in [-0.25, -0.2) is 19.9 Å². The zero-order valence-electron chi connectivity index (χ0n) is 18.5. The smallest absolute Gasteiger partial charge is 0.173 e. The van der Waals surface area contributed by atoms with E-state index < -0.39 is 0 Å². The molecule has 0 N–H and O–H groups in total. The summed E-state index contributed by atoms with van der Waals surface area (Å²) in [4.78, 5) is 19.8. The number of rotatable bonds is 5. The van der Waals surface area contributed by atoms with Crippen molar-refractivity contribution in [1.82, 2.24) is 19.9 Å². The van der Waals surface area contributed by atoms with E-state index >= 15 is 0 Å². The molecule has 0 radical (unpaired) electrons. The molecule has 1 aromatic carbocycles. The largest absolute Gasteiger partial charge is 0.490 e. The monoisotopic (exact) mass is 445 g/mol. The summed E-state index contributed by atoms with van der Waals surface area (Å²) in [6, 6.07) is 6.17. The van der Waals surface area contributed by atoms with Crippen molar-refractivity contribution in [3.8, 4) is 5.75 Å². The molecule has 4 aromatic rings. The molecule has 8 nitrogen and oxygen atoms in total. The number of ether oxygens (including phenoxy) is 2. The summed E-state index contributed by atoms with van der Waals surface area (Å²) in [5, 5.41) is 0.970. The zero-order valence-corrected chi connectivity index (χ0v) is 18.5. The van der Waals surface area contributed by atoms with Crippen LogP contribution < -0.4 is 9.64 Å². The van der Waals surface area contributed by atoms with E-state index in [1.54, 1.807) is 18.9 Å². The number of fused-ring (bicyclic) bond motifs is 2. The molecule has 2 fully saturated rings. The lowest BCUT2D eigenvalue weighted by Crippen LogP contribution is -2.36. The standard InChI is InChI=1S/C25H27N5O3/c1-3-19(4-2-17(1)11-23-25-21(5-8-32-25)28-16-29-23)33-24-13-18(30-6-9-31-10-7-30)12-22-20(24)14-26-15-27-22/h5,8,12-17,19H,1-4,6-7,9-11H2. The van der Waals surface area contributed by atoms with E-state index in [0.29, 0.717) is 5.92 Å². The molecule has 1 saturated carbocycles. The van der Waals surface area contributed by atoms with Crippen molar-refractivity contribution in [3.05, 3.63) is 49.0 Å². The predicted octanol–water partition coefficient (Wildman–Crippen LogP) is 4.18. The third kappa shape index (κ3) is 4.23. The Hall–Kier alpha value is -3.26. The van der Waals surface area contributed by atoms with Crippen LogP contribution in [0.5, 0.6) is 5.75 Å². The maximum Gasteiger partial charge on any atom is 0.173 e. The van der Waals surface area contributed by atoms with Gasteiger partial charge in [-0.05, 0) is 44.1 Å². The minimum absolute atomic E-state index is 0.193. The summed E-state index contributed by atoms with van der Waals surface area (Å²) in [5.41, 5.74) is 4.77. The Morgan fingerprint density at radius 3 is 2.70 bits per heavy atom. The first kappa shape index (κ1) is 20.4. The number of anilines is 1. The molecular weight excluding hydrogens is 418 g/mol. The van der Waals surface area contributed by atoms with Gasteiger partial charge in [0.1, 0.15) is 23.9 Å². The van der Waals surface area contributed by atoms with Crippen LogP contribution in [0.15, 0.2) is 47.7 Å². The van der Waals surface area contributed by atoms with Crippen LogP contribution in [0.3, 0.4) is 0 Å². The number of nitrogens with zero attached hydrogens (tertiary/aromatic N) is 5. The highest BCUT2D eigenvalue weighted by Crippen LogP contribution is 2.35. The zero-order chi connectivity index (χ0) is 22.0. The fourth-order valence-corrected chi connectivity index (χ4v) is 5.03. The highest BCUT2D eigenvalue weighted by Gasteiger charge is 2.25. The van der Waals surface area contributed by atoms with Crippen LogP contribution in [-0.2, 0) is 11.2 Å². The maximum absolute atomic E-state index is 6.57. The van der Waals surface area contributed by atoms with Crippen molar-refractivity contribution >= 4 is 27.7 Å². The van der Waals surface area contributed by atoms with Gasteiger partial charge in [-0.15, -0.1) is 0 Å². The molecule has 4 heterocycles. The molecular formula is C25H27N5O3. The van der Waals surface area contributed by atoms with Crippen LogP contribution in [0.1, 0.15) is 31.4 Å². The van der Waals surface area contributed by atoms with Gasteiger partial charge in [-0.3, -0.25) is 0 Å². The van der Waals surface area contributed by atoms with Crippen LogP contribution in [0, 0.1) is 5.92 Å². The molecule has 1 aliphatic heterocycles. The van der Waals surface area contributed by atoms with Crippen LogP contribution in [-0.4, -0.2) is 52.3 Å². The number of morpholine rings is 1. The van der Waals surface area contributed by atoms with Crippen molar-refractivity contribution in [2.24, 2.45) is 5.92 Å². The van der Waals surface area contributed by atoms with Gasteiger partial charge in [-0.2, -0.15) is 0 Å². The summed E-state index contributed by atoms with van der Waals surface area (Å²) in [6.45, 7) is 3.26. The lowest BCUT2D eigenvalue weighted by atomic mass is 9.84. The molecule has 3 aromatic heterocycles. The molecule has 33 heavy (non-hydrogen) atoms. The van der Waals surface area contributed by atoms with Gasteiger partial charge in [0, 0.05) is 37.1 Å². The first-order valence-electron chi connectivity index (χ1n) is 11.7. The van der Waals surface area contributed by atoms with E-state index in [1.165, 1.54) is 0 Å². The number of benzene rings is 1. The second-order valence-corrected chi connectivity index (χ2v) is 8.92. The minimum atomic E-state index is 0.193. The van der Waals surface area contributed by atoms with Crippen molar-refractivity contribution in [2.45, 2.75) is 38.2 Å². The van der Waals surface area contributed by atoms with Gasteiger partial charge in [0.2, 0.25) is 0 Å². The van der Waals surface area contributed by atoms with E-state index in [2.05, 4.69) is 37.0 Å². The molecule has 170 valence electrons. The van der Waals surface area contributed by atoms with Crippen LogP contribution in [0.4, 0.5) is 5.69 Å². The average molecular weight is 446 g/mol. The molecule has 2 aliphatic rings. The molecule has 0 spiro atoms. The molecule has 0 amide bonds. The molecule has 0 bridgehead atoms. The number of furan rings is 1. The summed E-state index contributed by atoms with van der Waals surface area (Å²) in [6.07, 6.45) is 12.1. The van der Waals surface area contributed by atoms with E-state index in [1.807, 2.05) is 12.3 Å². The van der Waals surface area contributed by atoms with Crippen molar-refractivity contribution in [2.75, 3.05) is 31.2 Å². The molecule has 1 aliphatic carbocycles. The quantitative estimate of drug-likeness (QED) is 0.452. The van der Waals surface area contributed by atoms with E-state index in [-0.39, 0.29) is 6.10 Å². The fourth-order valence-electron chi connectivity index (χ4n) is 5.03. The Bertz CT molecular complexity index is 1250. The molecule has 0 atom stereocenters. The van der Waals surface area contributed by atoms with Crippen LogP contribution in [0.2, 0.25) is 0 Å². The SMILES string of the molecule is c1ncc2c(OC3CCC(Cc4ncnc5ccoc45)CC3)cc(N3CCOCC3)cc2n1. The van der Waals surface area contributed by atoms with Crippen molar-refractivity contribution in [3.63, 3.8) is 0 Å². The second-order valence-electron chi connectivity index (χ2n) is 8.92. The Morgan fingerprint density at radius 1 is 0.970 bits per heavy atom. The number of aromatic nitrogens is 4. The third-order valence-electron chi connectivity index (χ3n) is 6.83. The summed E-state index contributed by atoms with van der Waals surface area (Å²) in [5.74, 6) is 1.46. The van der Waals surface area contributed by atoms with Crippen LogP contribution >= 0.6 is 0 Å².